The van der Waals surface area contributed by atoms with Gasteiger partial charge in [0.2, 0.25) is 0 Å². The number of aliphatic carboxylic acids is 1. The number of anilines is 1. The average Bonchev–Trinajstić information content (AvgIpc) is 2.42. The molecule has 0 aliphatic heterocycles. The highest BCUT2D eigenvalue weighted by molar-refractivity contribution is 5.92. The molecule has 116 valence electrons. The molecule has 0 bridgehead atoms. The minimum atomic E-state index is -0.911. The molecule has 0 fully saturated rings. The lowest BCUT2D eigenvalue weighted by Crippen LogP contribution is -2.36. The number of likely N-dealkylation sites (N-methyl/N-ethyl adjacent to an activating group) is 1. The van der Waals surface area contributed by atoms with Gasteiger partial charge in [0.05, 0.1) is 0 Å². The van der Waals surface area contributed by atoms with Crippen LogP contribution >= 0.6 is 0 Å². The molecule has 1 aromatic rings. The third-order valence-corrected chi connectivity index (χ3v) is 2.88. The van der Waals surface area contributed by atoms with Crippen molar-refractivity contribution in [3.8, 4) is 0 Å². The minimum Gasteiger partial charge on any atom is -0.480 e. The fraction of sp³-hybridized carbons (Fsp3) is 0.500. The Kier molecular flexibility index (Phi) is 6.10. The van der Waals surface area contributed by atoms with Crippen LogP contribution in [0.25, 0.3) is 0 Å². The fourth-order valence-electron chi connectivity index (χ4n) is 1.75. The van der Waals surface area contributed by atoms with Gasteiger partial charge in [-0.15, -0.1) is 0 Å². The molecule has 0 aromatic carbocycles. The minimum absolute atomic E-state index is 0.118. The van der Waals surface area contributed by atoms with Crippen LogP contribution in [0.1, 0.15) is 10.5 Å². The molecule has 1 N–H and O–H groups in total. The van der Waals surface area contributed by atoms with E-state index in [1.54, 1.807) is 31.1 Å². The van der Waals surface area contributed by atoms with Crippen molar-refractivity contribution in [1.82, 2.24) is 14.8 Å². The first-order chi connectivity index (χ1) is 9.81. The standard InChI is InChI=1S/C14H22N4O3/c1-16(2)7-8-18(10-13(19)20)11-5-6-15-12(9-11)14(21)17(3)4/h5-6,9H,7-8,10H2,1-4H3,(H,19,20). The van der Waals surface area contributed by atoms with Crippen molar-refractivity contribution in [2.75, 3.05) is 52.7 Å². The summed E-state index contributed by atoms with van der Waals surface area (Å²) in [6.45, 7) is 1.15. The lowest BCUT2D eigenvalue weighted by Gasteiger charge is -2.25. The van der Waals surface area contributed by atoms with E-state index in [1.165, 1.54) is 11.1 Å². The van der Waals surface area contributed by atoms with Gasteiger partial charge >= 0.3 is 5.97 Å². The number of amides is 1. The Balaban J connectivity index is 2.98. The number of pyridine rings is 1. The van der Waals surface area contributed by atoms with Crippen LogP contribution in [0.15, 0.2) is 18.3 Å². The number of carbonyl (C=O) groups excluding carboxylic acids is 1. The summed E-state index contributed by atoms with van der Waals surface area (Å²) < 4.78 is 0. The zero-order chi connectivity index (χ0) is 16.0. The van der Waals surface area contributed by atoms with E-state index in [-0.39, 0.29) is 12.5 Å². The van der Waals surface area contributed by atoms with Crippen molar-refractivity contribution in [3.05, 3.63) is 24.0 Å². The molecule has 0 unspecified atom stereocenters. The molecule has 1 amide bonds. The molecule has 0 radical (unpaired) electrons. The first-order valence-electron chi connectivity index (χ1n) is 6.60. The SMILES string of the molecule is CN(C)CCN(CC(=O)O)c1ccnc(C(=O)N(C)C)c1. The van der Waals surface area contributed by atoms with Crippen LogP contribution in [-0.2, 0) is 4.79 Å². The maximum atomic E-state index is 11.9. The first-order valence-corrected chi connectivity index (χ1v) is 6.60. The van der Waals surface area contributed by atoms with Crippen LogP contribution < -0.4 is 4.90 Å². The molecule has 1 rings (SSSR count). The summed E-state index contributed by atoms with van der Waals surface area (Å²) in [5, 5.41) is 9.03. The van der Waals surface area contributed by atoms with Gasteiger partial charge in [-0.1, -0.05) is 0 Å². The highest BCUT2D eigenvalue weighted by atomic mass is 16.4. The summed E-state index contributed by atoms with van der Waals surface area (Å²) in [5.41, 5.74) is 0.984. The van der Waals surface area contributed by atoms with Gasteiger partial charge in [0.25, 0.3) is 5.91 Å². The summed E-state index contributed by atoms with van der Waals surface area (Å²) in [5.74, 6) is -1.12. The van der Waals surface area contributed by atoms with E-state index in [4.69, 9.17) is 5.11 Å². The van der Waals surface area contributed by atoms with E-state index in [2.05, 4.69) is 4.98 Å². The van der Waals surface area contributed by atoms with Crippen molar-refractivity contribution in [2.45, 2.75) is 0 Å². The van der Waals surface area contributed by atoms with Gasteiger partial charge < -0.3 is 19.8 Å². The van der Waals surface area contributed by atoms with E-state index >= 15 is 0 Å². The van der Waals surface area contributed by atoms with Crippen molar-refractivity contribution in [1.29, 1.82) is 0 Å². The average molecular weight is 294 g/mol. The van der Waals surface area contributed by atoms with Crippen LogP contribution in [0.3, 0.4) is 0 Å². The van der Waals surface area contributed by atoms with Gasteiger partial charge in [-0.3, -0.25) is 14.6 Å². The van der Waals surface area contributed by atoms with E-state index in [9.17, 15) is 9.59 Å². The number of carbonyl (C=O) groups is 2. The highest BCUT2D eigenvalue weighted by Gasteiger charge is 2.15. The van der Waals surface area contributed by atoms with E-state index < -0.39 is 5.97 Å². The number of hydrogen-bond acceptors (Lipinski definition) is 5. The largest absolute Gasteiger partial charge is 0.480 e. The van der Waals surface area contributed by atoms with Gasteiger partial charge in [-0.2, -0.15) is 0 Å². The van der Waals surface area contributed by atoms with Gasteiger partial charge in [-0.25, -0.2) is 0 Å². The number of rotatable bonds is 7. The molecular weight excluding hydrogens is 272 g/mol. The number of hydrogen-bond donors (Lipinski definition) is 1. The molecule has 1 heterocycles. The predicted octanol–water partition coefficient (Wildman–Crippen LogP) is 0.236. The molecule has 21 heavy (non-hydrogen) atoms. The Labute approximate surface area is 124 Å². The van der Waals surface area contributed by atoms with Gasteiger partial charge in [0, 0.05) is 39.1 Å². The maximum absolute atomic E-state index is 11.9. The van der Waals surface area contributed by atoms with Gasteiger partial charge in [0.1, 0.15) is 12.2 Å². The molecule has 7 heteroatoms. The molecule has 1 aromatic heterocycles. The van der Waals surface area contributed by atoms with Crippen LogP contribution in [-0.4, -0.2) is 79.6 Å². The van der Waals surface area contributed by atoms with Crippen molar-refractivity contribution in [2.24, 2.45) is 0 Å². The molecule has 0 aliphatic rings. The molecule has 0 saturated carbocycles. The second-order valence-electron chi connectivity index (χ2n) is 5.22. The van der Waals surface area contributed by atoms with Crippen molar-refractivity contribution >= 4 is 17.6 Å². The zero-order valence-electron chi connectivity index (χ0n) is 12.9. The third-order valence-electron chi connectivity index (χ3n) is 2.88. The molecule has 0 aliphatic carbocycles. The second-order valence-corrected chi connectivity index (χ2v) is 5.22. The lowest BCUT2D eigenvalue weighted by molar-refractivity contribution is -0.135. The summed E-state index contributed by atoms with van der Waals surface area (Å²) in [6, 6.07) is 3.34. The van der Waals surface area contributed by atoms with Crippen LogP contribution in [0.5, 0.6) is 0 Å². The van der Waals surface area contributed by atoms with E-state index in [0.29, 0.717) is 24.5 Å². The van der Waals surface area contributed by atoms with Crippen LogP contribution in [0.4, 0.5) is 5.69 Å². The topological polar surface area (TPSA) is 77.0 Å². The fourth-order valence-corrected chi connectivity index (χ4v) is 1.75. The predicted molar refractivity (Wildman–Crippen MR) is 80.7 cm³/mol. The quantitative estimate of drug-likeness (QED) is 0.776. The Morgan fingerprint density at radius 2 is 1.86 bits per heavy atom. The first kappa shape index (κ1) is 16.9. The number of aromatic nitrogens is 1. The van der Waals surface area contributed by atoms with E-state index in [1.807, 2.05) is 19.0 Å². The smallest absolute Gasteiger partial charge is 0.323 e. The Hall–Kier alpha value is -2.15. The molecule has 0 saturated heterocycles. The van der Waals surface area contributed by atoms with Crippen LogP contribution in [0, 0.1) is 0 Å². The number of nitrogens with zero attached hydrogens (tertiary/aromatic N) is 4. The van der Waals surface area contributed by atoms with Crippen molar-refractivity contribution < 1.29 is 14.7 Å². The highest BCUT2D eigenvalue weighted by Crippen LogP contribution is 2.15. The third kappa shape index (κ3) is 5.39. The van der Waals surface area contributed by atoms with Gasteiger partial charge in [-0.05, 0) is 26.2 Å². The summed E-state index contributed by atoms with van der Waals surface area (Å²) in [4.78, 5) is 32.1. The molecule has 7 nitrogen and oxygen atoms in total. The van der Waals surface area contributed by atoms with Gasteiger partial charge in [0.15, 0.2) is 0 Å². The number of carboxylic acid groups (broad SMARTS) is 1. The second kappa shape index (κ2) is 7.58. The van der Waals surface area contributed by atoms with Crippen LogP contribution in [0.2, 0.25) is 0 Å². The monoisotopic (exact) mass is 294 g/mol. The number of carboxylic acids is 1. The summed E-state index contributed by atoms with van der Waals surface area (Å²) in [6.07, 6.45) is 1.52. The summed E-state index contributed by atoms with van der Waals surface area (Å²) in [7, 11) is 7.15. The Morgan fingerprint density at radius 3 is 2.38 bits per heavy atom. The lowest BCUT2D eigenvalue weighted by atomic mass is 10.2. The van der Waals surface area contributed by atoms with E-state index in [0.717, 1.165) is 0 Å². The Morgan fingerprint density at radius 1 is 1.19 bits per heavy atom. The summed E-state index contributed by atoms with van der Waals surface area (Å²) >= 11 is 0. The normalized spacial score (nSPS) is 10.5. The van der Waals surface area contributed by atoms with Crippen molar-refractivity contribution in [3.63, 3.8) is 0 Å². The molecule has 0 spiro atoms. The maximum Gasteiger partial charge on any atom is 0.323 e. The molecule has 0 atom stereocenters. The molecular formula is C14H22N4O3. The Bertz CT molecular complexity index is 503. The zero-order valence-corrected chi connectivity index (χ0v) is 12.9.